The van der Waals surface area contributed by atoms with Crippen molar-refractivity contribution in [3.8, 4) is 0 Å². The van der Waals surface area contributed by atoms with Gasteiger partial charge in [-0.25, -0.2) is 8.42 Å². The molecule has 1 fully saturated rings. The number of fused-ring (bicyclic) bond motifs is 2. The van der Waals surface area contributed by atoms with Crippen LogP contribution in [0.2, 0.25) is 0 Å². The molecule has 0 bridgehead atoms. The zero-order chi connectivity index (χ0) is 17.5. The average molecular weight is 357 g/mol. The molecule has 2 heterocycles. The molecular formula is C19H23N3O2S. The van der Waals surface area contributed by atoms with Gasteiger partial charge in [0, 0.05) is 37.3 Å². The van der Waals surface area contributed by atoms with Gasteiger partial charge in [-0.05, 0) is 42.2 Å². The summed E-state index contributed by atoms with van der Waals surface area (Å²) in [6.07, 6.45) is 1.65. The quantitative estimate of drug-likeness (QED) is 0.884. The number of nitrogens with zero attached hydrogens (tertiary/aromatic N) is 1. The van der Waals surface area contributed by atoms with Crippen molar-refractivity contribution < 1.29 is 8.42 Å². The van der Waals surface area contributed by atoms with Gasteiger partial charge >= 0.3 is 0 Å². The zero-order valence-corrected chi connectivity index (χ0v) is 14.9. The fourth-order valence-electron chi connectivity index (χ4n) is 4.01. The number of hydrogen-bond acceptors (Lipinski definition) is 4. The van der Waals surface area contributed by atoms with E-state index in [1.165, 1.54) is 5.56 Å². The molecule has 25 heavy (non-hydrogen) atoms. The van der Waals surface area contributed by atoms with E-state index < -0.39 is 10.0 Å². The van der Waals surface area contributed by atoms with Gasteiger partial charge in [0.05, 0.1) is 4.90 Å². The predicted molar refractivity (Wildman–Crippen MR) is 98.9 cm³/mol. The van der Waals surface area contributed by atoms with Gasteiger partial charge in [0.2, 0.25) is 10.0 Å². The lowest BCUT2D eigenvalue weighted by Gasteiger charge is -2.38. The first-order valence-corrected chi connectivity index (χ1v) is 10.1. The second kappa shape index (κ2) is 6.12. The third-order valence-electron chi connectivity index (χ3n) is 5.57. The molecule has 1 saturated heterocycles. The monoisotopic (exact) mass is 357 g/mol. The molecule has 0 aromatic heterocycles. The summed E-state index contributed by atoms with van der Waals surface area (Å²) in [5.41, 5.74) is 9.40. The van der Waals surface area contributed by atoms with E-state index in [0.29, 0.717) is 24.5 Å². The fourth-order valence-corrected chi connectivity index (χ4v) is 5.48. The highest BCUT2D eigenvalue weighted by Gasteiger charge is 2.43. The van der Waals surface area contributed by atoms with E-state index in [9.17, 15) is 8.42 Å². The van der Waals surface area contributed by atoms with Crippen LogP contribution in [0.5, 0.6) is 0 Å². The third-order valence-corrected chi connectivity index (χ3v) is 7.48. The van der Waals surface area contributed by atoms with Crippen molar-refractivity contribution in [3.63, 3.8) is 0 Å². The van der Waals surface area contributed by atoms with Crippen LogP contribution in [0, 0.1) is 0 Å². The maximum Gasteiger partial charge on any atom is 0.243 e. The Hall–Kier alpha value is -1.89. The SMILES string of the molecule is NCc1ccc2c(c1)C1(CCN(S(=O)(=O)c3ccccc3)CC1)CN2. The van der Waals surface area contributed by atoms with E-state index in [4.69, 9.17) is 5.73 Å². The number of benzene rings is 2. The van der Waals surface area contributed by atoms with Crippen molar-refractivity contribution in [1.82, 2.24) is 4.31 Å². The number of nitrogens with one attached hydrogen (secondary N) is 1. The van der Waals surface area contributed by atoms with Crippen LogP contribution in [-0.2, 0) is 22.0 Å². The van der Waals surface area contributed by atoms with Crippen LogP contribution >= 0.6 is 0 Å². The first kappa shape index (κ1) is 16.6. The molecule has 3 N–H and O–H groups in total. The summed E-state index contributed by atoms with van der Waals surface area (Å²) in [5, 5.41) is 3.49. The molecule has 0 saturated carbocycles. The van der Waals surface area contributed by atoms with E-state index in [1.807, 2.05) is 6.07 Å². The van der Waals surface area contributed by atoms with Gasteiger partial charge in [0.15, 0.2) is 0 Å². The van der Waals surface area contributed by atoms with Gasteiger partial charge in [-0.2, -0.15) is 4.31 Å². The smallest absolute Gasteiger partial charge is 0.243 e. The van der Waals surface area contributed by atoms with E-state index in [0.717, 1.165) is 30.6 Å². The summed E-state index contributed by atoms with van der Waals surface area (Å²) in [7, 11) is -3.41. The molecule has 2 aromatic rings. The number of sulfonamides is 1. The number of anilines is 1. The molecule has 0 unspecified atom stereocenters. The molecule has 6 heteroatoms. The minimum absolute atomic E-state index is 0.0171. The fraction of sp³-hybridized carbons (Fsp3) is 0.368. The van der Waals surface area contributed by atoms with Crippen LogP contribution in [0.25, 0.3) is 0 Å². The minimum atomic E-state index is -3.41. The van der Waals surface area contributed by atoms with E-state index >= 15 is 0 Å². The lowest BCUT2D eigenvalue weighted by atomic mass is 9.74. The number of hydrogen-bond donors (Lipinski definition) is 2. The van der Waals surface area contributed by atoms with Gasteiger partial charge in [-0.3, -0.25) is 0 Å². The maximum atomic E-state index is 12.8. The average Bonchev–Trinajstić information content (AvgIpc) is 3.00. The van der Waals surface area contributed by atoms with Crippen molar-refractivity contribution in [2.45, 2.75) is 29.7 Å². The molecule has 0 atom stereocenters. The Morgan fingerprint density at radius 2 is 1.80 bits per heavy atom. The second-order valence-electron chi connectivity index (χ2n) is 6.94. The van der Waals surface area contributed by atoms with Gasteiger partial charge in [-0.15, -0.1) is 0 Å². The lowest BCUT2D eigenvalue weighted by molar-refractivity contribution is 0.249. The van der Waals surface area contributed by atoms with E-state index in [-0.39, 0.29) is 5.41 Å². The van der Waals surface area contributed by atoms with E-state index in [1.54, 1.807) is 28.6 Å². The highest BCUT2D eigenvalue weighted by Crippen LogP contribution is 2.45. The molecular weight excluding hydrogens is 334 g/mol. The number of piperidine rings is 1. The van der Waals surface area contributed by atoms with Crippen molar-refractivity contribution >= 4 is 15.7 Å². The summed E-state index contributed by atoms with van der Waals surface area (Å²) < 4.78 is 27.3. The number of nitrogens with two attached hydrogens (primary N) is 1. The topological polar surface area (TPSA) is 75.4 Å². The molecule has 0 amide bonds. The van der Waals surface area contributed by atoms with Gasteiger partial charge in [0.25, 0.3) is 0 Å². The predicted octanol–water partition coefficient (Wildman–Crippen LogP) is 2.29. The number of rotatable bonds is 3. The Kier molecular flexibility index (Phi) is 4.06. The summed E-state index contributed by atoms with van der Waals surface area (Å²) in [6, 6.07) is 15.0. The molecule has 0 aliphatic carbocycles. The van der Waals surface area contributed by atoms with Crippen LogP contribution in [0.15, 0.2) is 53.4 Å². The third kappa shape index (κ3) is 2.74. The summed E-state index contributed by atoms with van der Waals surface area (Å²) >= 11 is 0. The Labute approximate surface area is 148 Å². The van der Waals surface area contributed by atoms with Gasteiger partial charge in [-0.1, -0.05) is 30.3 Å². The lowest BCUT2D eigenvalue weighted by Crippen LogP contribution is -2.46. The van der Waals surface area contributed by atoms with Crippen molar-refractivity contribution in [2.24, 2.45) is 5.73 Å². The molecule has 5 nitrogen and oxygen atoms in total. The Bertz CT molecular complexity index is 873. The van der Waals surface area contributed by atoms with Crippen LogP contribution in [0.3, 0.4) is 0 Å². The largest absolute Gasteiger partial charge is 0.384 e. The first-order chi connectivity index (χ1) is 12.0. The van der Waals surface area contributed by atoms with E-state index in [2.05, 4.69) is 23.5 Å². The normalized spacial score (nSPS) is 19.6. The molecule has 132 valence electrons. The Morgan fingerprint density at radius 1 is 1.08 bits per heavy atom. The summed E-state index contributed by atoms with van der Waals surface area (Å²) in [4.78, 5) is 0.376. The molecule has 1 spiro atoms. The minimum Gasteiger partial charge on any atom is -0.384 e. The van der Waals surface area contributed by atoms with Crippen LogP contribution in [-0.4, -0.2) is 32.4 Å². The molecule has 2 aromatic carbocycles. The maximum absolute atomic E-state index is 12.8. The van der Waals surface area contributed by atoms with Gasteiger partial charge < -0.3 is 11.1 Å². The van der Waals surface area contributed by atoms with Crippen molar-refractivity contribution in [2.75, 3.05) is 25.0 Å². The molecule has 2 aliphatic heterocycles. The Morgan fingerprint density at radius 3 is 2.48 bits per heavy atom. The Balaban J connectivity index is 1.57. The first-order valence-electron chi connectivity index (χ1n) is 8.68. The van der Waals surface area contributed by atoms with Crippen LogP contribution < -0.4 is 11.1 Å². The van der Waals surface area contributed by atoms with Gasteiger partial charge in [0.1, 0.15) is 0 Å². The summed E-state index contributed by atoms with van der Waals surface area (Å²) in [6.45, 7) is 2.49. The molecule has 0 radical (unpaired) electrons. The highest BCUT2D eigenvalue weighted by atomic mass is 32.2. The van der Waals surface area contributed by atoms with Crippen molar-refractivity contribution in [3.05, 3.63) is 59.7 Å². The van der Waals surface area contributed by atoms with Crippen LogP contribution in [0.1, 0.15) is 24.0 Å². The van der Waals surface area contributed by atoms with Crippen LogP contribution in [0.4, 0.5) is 5.69 Å². The molecule has 4 rings (SSSR count). The zero-order valence-electron chi connectivity index (χ0n) is 14.1. The molecule has 2 aliphatic rings. The second-order valence-corrected chi connectivity index (χ2v) is 8.87. The summed E-state index contributed by atoms with van der Waals surface area (Å²) in [5.74, 6) is 0. The van der Waals surface area contributed by atoms with Crippen molar-refractivity contribution in [1.29, 1.82) is 0 Å². The highest BCUT2D eigenvalue weighted by molar-refractivity contribution is 7.89. The standard InChI is InChI=1S/C19H23N3O2S/c20-13-15-6-7-18-17(12-15)19(14-21-18)8-10-22(11-9-19)25(23,24)16-4-2-1-3-5-16/h1-7,12,21H,8-11,13-14,20H2.